The highest BCUT2D eigenvalue weighted by Crippen LogP contribution is 2.39. The number of benzene rings is 1. The molecule has 0 saturated heterocycles. The second-order valence-electron chi connectivity index (χ2n) is 8.37. The molecule has 0 amide bonds. The molecule has 128 valence electrons. The standard InChI is InChI=1S/C22H28O2/c1-21(2,3)18-13-16(14-19(20(18)23)22(4,5)6)11-15-9-8-10-17(12-15)24-7/h8-14H,1-7H3. The first-order valence-corrected chi connectivity index (χ1v) is 8.37. The molecule has 2 rings (SSSR count). The Bertz CT molecular complexity index is 696. The predicted molar refractivity (Wildman–Crippen MR) is 101 cm³/mol. The minimum Gasteiger partial charge on any atom is -0.497 e. The molecule has 0 aliphatic heterocycles. The summed E-state index contributed by atoms with van der Waals surface area (Å²) < 4.78 is 5.30. The van der Waals surface area contributed by atoms with Gasteiger partial charge in [0.2, 0.25) is 0 Å². The van der Waals surface area contributed by atoms with Gasteiger partial charge in [-0.25, -0.2) is 0 Å². The third kappa shape index (κ3) is 4.05. The van der Waals surface area contributed by atoms with Gasteiger partial charge < -0.3 is 4.74 Å². The van der Waals surface area contributed by atoms with E-state index in [1.54, 1.807) is 7.11 Å². The van der Waals surface area contributed by atoms with Crippen LogP contribution in [0.3, 0.4) is 0 Å². The molecule has 2 nitrogen and oxygen atoms in total. The summed E-state index contributed by atoms with van der Waals surface area (Å²) in [7, 11) is 1.67. The number of carbonyl (C=O) groups excluding carboxylic acids is 1. The quantitative estimate of drug-likeness (QED) is 0.707. The lowest BCUT2D eigenvalue weighted by atomic mass is 9.72. The Balaban J connectivity index is 2.57. The van der Waals surface area contributed by atoms with Crippen LogP contribution in [-0.2, 0) is 4.79 Å². The Labute approximate surface area is 145 Å². The molecule has 1 aliphatic carbocycles. The van der Waals surface area contributed by atoms with Crippen LogP contribution in [0.4, 0.5) is 0 Å². The van der Waals surface area contributed by atoms with Gasteiger partial charge in [0.1, 0.15) is 5.75 Å². The Hall–Kier alpha value is -2.09. The molecule has 0 radical (unpaired) electrons. The molecule has 2 heteroatoms. The maximum atomic E-state index is 12.9. The van der Waals surface area contributed by atoms with Crippen molar-refractivity contribution in [3.05, 3.63) is 58.7 Å². The van der Waals surface area contributed by atoms with Gasteiger partial charge in [-0.2, -0.15) is 0 Å². The lowest BCUT2D eigenvalue weighted by molar-refractivity contribution is -0.114. The monoisotopic (exact) mass is 324 g/mol. The fourth-order valence-electron chi connectivity index (χ4n) is 2.77. The summed E-state index contributed by atoms with van der Waals surface area (Å²) in [5.74, 6) is 0.995. The summed E-state index contributed by atoms with van der Waals surface area (Å²) in [4.78, 5) is 12.9. The van der Waals surface area contributed by atoms with Crippen LogP contribution < -0.4 is 4.74 Å². The van der Waals surface area contributed by atoms with Crippen molar-refractivity contribution in [2.24, 2.45) is 10.8 Å². The van der Waals surface area contributed by atoms with Crippen molar-refractivity contribution in [3.63, 3.8) is 0 Å². The number of hydrogen-bond donors (Lipinski definition) is 0. The maximum absolute atomic E-state index is 12.9. The van der Waals surface area contributed by atoms with Crippen molar-refractivity contribution >= 4 is 11.9 Å². The van der Waals surface area contributed by atoms with Crippen LogP contribution in [0.5, 0.6) is 5.75 Å². The molecule has 1 aliphatic rings. The van der Waals surface area contributed by atoms with Crippen LogP contribution in [0.25, 0.3) is 6.08 Å². The van der Waals surface area contributed by atoms with E-state index in [4.69, 9.17) is 4.74 Å². The van der Waals surface area contributed by atoms with Gasteiger partial charge in [-0.15, -0.1) is 0 Å². The van der Waals surface area contributed by atoms with Gasteiger partial charge >= 0.3 is 0 Å². The number of allylic oxidation sites excluding steroid dienone is 5. The first-order valence-electron chi connectivity index (χ1n) is 8.37. The third-order valence-corrected chi connectivity index (χ3v) is 4.15. The largest absolute Gasteiger partial charge is 0.497 e. The fraction of sp³-hybridized carbons (Fsp3) is 0.409. The highest BCUT2D eigenvalue weighted by molar-refractivity contribution is 6.12. The van der Waals surface area contributed by atoms with E-state index < -0.39 is 0 Å². The summed E-state index contributed by atoms with van der Waals surface area (Å²) in [6, 6.07) is 7.95. The number of ether oxygens (including phenoxy) is 1. The number of hydrogen-bond acceptors (Lipinski definition) is 2. The minimum atomic E-state index is -0.185. The van der Waals surface area contributed by atoms with Crippen LogP contribution in [0.2, 0.25) is 0 Å². The zero-order chi connectivity index (χ0) is 18.1. The highest BCUT2D eigenvalue weighted by Gasteiger charge is 2.33. The highest BCUT2D eigenvalue weighted by atomic mass is 16.5. The van der Waals surface area contributed by atoms with Crippen molar-refractivity contribution in [2.45, 2.75) is 41.5 Å². The lowest BCUT2D eigenvalue weighted by Crippen LogP contribution is -2.27. The first-order chi connectivity index (χ1) is 11.0. The van der Waals surface area contributed by atoms with Gasteiger partial charge in [-0.3, -0.25) is 4.79 Å². The first kappa shape index (κ1) is 18.3. The number of methoxy groups -OCH3 is 1. The van der Waals surface area contributed by atoms with E-state index in [1.165, 1.54) is 0 Å². The number of rotatable bonds is 2. The average Bonchev–Trinajstić information content (AvgIpc) is 2.46. The maximum Gasteiger partial charge on any atom is 0.186 e. The second-order valence-corrected chi connectivity index (χ2v) is 8.37. The molecule has 0 N–H and O–H groups in total. The SMILES string of the molecule is COc1cccc(C=C2C=C(C(C)(C)C)C(=O)C(C(C)(C)C)=C2)c1. The van der Waals surface area contributed by atoms with Crippen molar-refractivity contribution < 1.29 is 9.53 Å². The minimum absolute atomic E-state index is 0.165. The van der Waals surface area contributed by atoms with Crippen LogP contribution >= 0.6 is 0 Å². The van der Waals surface area contributed by atoms with Gasteiger partial charge in [-0.05, 0) is 52.3 Å². The third-order valence-electron chi connectivity index (χ3n) is 4.15. The molecule has 0 saturated carbocycles. The fourth-order valence-corrected chi connectivity index (χ4v) is 2.77. The van der Waals surface area contributed by atoms with Crippen molar-refractivity contribution in [2.75, 3.05) is 7.11 Å². The molecule has 0 fully saturated rings. The summed E-state index contributed by atoms with van der Waals surface area (Å²) in [6.45, 7) is 12.5. The molecule has 0 atom stereocenters. The second kappa shape index (κ2) is 6.43. The number of ketones is 1. The van der Waals surface area contributed by atoms with E-state index in [0.29, 0.717) is 0 Å². The molecule has 0 heterocycles. The van der Waals surface area contributed by atoms with Crippen LogP contribution in [0.15, 0.2) is 53.1 Å². The lowest BCUT2D eigenvalue weighted by Gasteiger charge is -2.31. The Kier molecular flexibility index (Phi) is 4.89. The molecule has 0 unspecified atom stereocenters. The van der Waals surface area contributed by atoms with Crippen molar-refractivity contribution in [3.8, 4) is 5.75 Å². The molecule has 0 spiro atoms. The van der Waals surface area contributed by atoms with Crippen LogP contribution in [0, 0.1) is 10.8 Å². The predicted octanol–water partition coefficient (Wildman–Crippen LogP) is 5.61. The average molecular weight is 324 g/mol. The number of Topliss-reactive ketones (excluding diaryl/α,β-unsaturated/α-hetero) is 1. The zero-order valence-electron chi connectivity index (χ0n) is 15.9. The smallest absolute Gasteiger partial charge is 0.186 e. The Morgan fingerprint density at radius 1 is 0.917 bits per heavy atom. The van der Waals surface area contributed by atoms with Gasteiger partial charge in [-0.1, -0.05) is 53.7 Å². The molecule has 1 aromatic rings. The summed E-state index contributed by atoms with van der Waals surface area (Å²) in [5.41, 5.74) is 3.48. The molecular weight excluding hydrogens is 296 g/mol. The zero-order valence-corrected chi connectivity index (χ0v) is 15.9. The van der Waals surface area contributed by atoms with E-state index in [9.17, 15) is 4.79 Å². The Morgan fingerprint density at radius 2 is 1.46 bits per heavy atom. The van der Waals surface area contributed by atoms with E-state index in [2.05, 4.69) is 47.6 Å². The Morgan fingerprint density at radius 3 is 1.92 bits per heavy atom. The van der Waals surface area contributed by atoms with Crippen LogP contribution in [-0.4, -0.2) is 12.9 Å². The van der Waals surface area contributed by atoms with Crippen molar-refractivity contribution in [1.29, 1.82) is 0 Å². The molecule has 24 heavy (non-hydrogen) atoms. The summed E-state index contributed by atoms with van der Waals surface area (Å²) in [6.07, 6.45) is 6.15. The summed E-state index contributed by atoms with van der Waals surface area (Å²) >= 11 is 0. The van der Waals surface area contributed by atoms with E-state index in [-0.39, 0.29) is 16.6 Å². The van der Waals surface area contributed by atoms with Gasteiger partial charge in [0, 0.05) is 11.1 Å². The van der Waals surface area contributed by atoms with E-state index >= 15 is 0 Å². The topological polar surface area (TPSA) is 26.3 Å². The van der Waals surface area contributed by atoms with Gasteiger partial charge in [0.05, 0.1) is 7.11 Å². The molecule has 1 aromatic carbocycles. The van der Waals surface area contributed by atoms with E-state index in [1.807, 2.05) is 36.4 Å². The van der Waals surface area contributed by atoms with E-state index in [0.717, 1.165) is 28.0 Å². The van der Waals surface area contributed by atoms with Gasteiger partial charge in [0.15, 0.2) is 5.78 Å². The summed E-state index contributed by atoms with van der Waals surface area (Å²) in [5, 5.41) is 0. The van der Waals surface area contributed by atoms with Crippen LogP contribution in [0.1, 0.15) is 47.1 Å². The van der Waals surface area contributed by atoms with Crippen molar-refractivity contribution in [1.82, 2.24) is 0 Å². The molecular formula is C22H28O2. The molecule has 0 bridgehead atoms. The molecule has 0 aromatic heterocycles. The van der Waals surface area contributed by atoms with Gasteiger partial charge in [0.25, 0.3) is 0 Å². The normalized spacial score (nSPS) is 15.8. The number of carbonyl (C=O) groups is 1.